The third kappa shape index (κ3) is 2.42. The highest BCUT2D eigenvalue weighted by Crippen LogP contribution is 2.30. The minimum Gasteiger partial charge on any atom is -0.399 e. The number of nitrogens with zero attached hydrogens (tertiary/aromatic N) is 1. The highest BCUT2D eigenvalue weighted by atomic mass is 16.3. The van der Waals surface area contributed by atoms with Crippen LogP contribution in [0.2, 0.25) is 0 Å². The number of aliphatic hydroxyl groups is 1. The molecule has 0 saturated carbocycles. The monoisotopic (exact) mass is 254 g/mol. The fraction of sp³-hybridized carbons (Fsp3) is 0.250. The zero-order valence-electron chi connectivity index (χ0n) is 10.8. The summed E-state index contributed by atoms with van der Waals surface area (Å²) in [5, 5.41) is 9.05. The maximum absolute atomic E-state index is 9.05. The Hall–Kier alpha value is -2.00. The predicted octanol–water partition coefficient (Wildman–Crippen LogP) is 2.32. The van der Waals surface area contributed by atoms with Crippen LogP contribution in [0.4, 0.5) is 11.4 Å². The summed E-state index contributed by atoms with van der Waals surface area (Å²) in [5.74, 6) is 0. The molecule has 3 N–H and O–H groups in total. The van der Waals surface area contributed by atoms with E-state index in [1.165, 1.54) is 16.8 Å². The van der Waals surface area contributed by atoms with E-state index >= 15 is 0 Å². The van der Waals surface area contributed by atoms with E-state index in [4.69, 9.17) is 10.8 Å². The minimum absolute atomic E-state index is 0.103. The van der Waals surface area contributed by atoms with Gasteiger partial charge in [-0.05, 0) is 41.3 Å². The van der Waals surface area contributed by atoms with Crippen LogP contribution >= 0.6 is 0 Å². The molecule has 0 aliphatic carbocycles. The lowest BCUT2D eigenvalue weighted by Crippen LogP contribution is -2.19. The molecule has 0 bridgehead atoms. The van der Waals surface area contributed by atoms with Gasteiger partial charge in [0.25, 0.3) is 0 Å². The molecule has 0 atom stereocenters. The lowest BCUT2D eigenvalue weighted by molar-refractivity contribution is 0.282. The van der Waals surface area contributed by atoms with Gasteiger partial charge in [0.15, 0.2) is 0 Å². The van der Waals surface area contributed by atoms with Gasteiger partial charge in [0.05, 0.1) is 6.61 Å². The summed E-state index contributed by atoms with van der Waals surface area (Å²) in [6.45, 7) is 2.05. The van der Waals surface area contributed by atoms with Gasteiger partial charge in [0, 0.05) is 24.5 Å². The van der Waals surface area contributed by atoms with Crippen molar-refractivity contribution in [2.45, 2.75) is 19.6 Å². The van der Waals surface area contributed by atoms with Crippen LogP contribution in [0.15, 0.2) is 42.5 Å². The van der Waals surface area contributed by atoms with Crippen LogP contribution in [-0.2, 0) is 19.6 Å². The van der Waals surface area contributed by atoms with Crippen LogP contribution in [0, 0.1) is 0 Å². The van der Waals surface area contributed by atoms with E-state index in [2.05, 4.69) is 29.2 Å². The molecule has 0 fully saturated rings. The molecule has 3 rings (SSSR count). The van der Waals surface area contributed by atoms with Gasteiger partial charge in [-0.3, -0.25) is 0 Å². The van der Waals surface area contributed by atoms with Gasteiger partial charge in [0.1, 0.15) is 0 Å². The number of rotatable bonds is 3. The SMILES string of the molecule is Nc1ccc2c(c1)CCN2Cc1ccc(CO)cc1. The van der Waals surface area contributed by atoms with Gasteiger partial charge < -0.3 is 15.7 Å². The summed E-state index contributed by atoms with van der Waals surface area (Å²) in [5.41, 5.74) is 11.5. The normalized spacial score (nSPS) is 13.6. The quantitative estimate of drug-likeness (QED) is 0.826. The molecule has 0 radical (unpaired) electrons. The Morgan fingerprint density at radius 2 is 1.79 bits per heavy atom. The number of benzene rings is 2. The molecule has 0 amide bonds. The van der Waals surface area contributed by atoms with E-state index in [0.29, 0.717) is 0 Å². The highest BCUT2D eigenvalue weighted by molar-refractivity contribution is 5.63. The maximum Gasteiger partial charge on any atom is 0.0681 e. The van der Waals surface area contributed by atoms with Gasteiger partial charge in [-0.2, -0.15) is 0 Å². The second kappa shape index (κ2) is 4.94. The van der Waals surface area contributed by atoms with Crippen LogP contribution in [0.1, 0.15) is 16.7 Å². The van der Waals surface area contributed by atoms with Crippen molar-refractivity contribution in [2.24, 2.45) is 0 Å². The average Bonchev–Trinajstić information content (AvgIpc) is 2.82. The summed E-state index contributed by atoms with van der Waals surface area (Å²) >= 11 is 0. The van der Waals surface area contributed by atoms with E-state index < -0.39 is 0 Å². The Morgan fingerprint density at radius 3 is 2.53 bits per heavy atom. The van der Waals surface area contributed by atoms with Crippen molar-refractivity contribution < 1.29 is 5.11 Å². The van der Waals surface area contributed by atoms with Crippen molar-refractivity contribution in [3.63, 3.8) is 0 Å². The Labute approximate surface area is 113 Å². The molecule has 98 valence electrons. The van der Waals surface area contributed by atoms with Crippen molar-refractivity contribution in [1.29, 1.82) is 0 Å². The molecule has 1 aliphatic heterocycles. The summed E-state index contributed by atoms with van der Waals surface area (Å²) in [6, 6.07) is 14.3. The van der Waals surface area contributed by atoms with Crippen molar-refractivity contribution in [1.82, 2.24) is 0 Å². The summed E-state index contributed by atoms with van der Waals surface area (Å²) < 4.78 is 0. The number of aliphatic hydroxyl groups excluding tert-OH is 1. The molecular formula is C16H18N2O. The molecule has 0 aromatic heterocycles. The molecule has 2 aromatic rings. The molecule has 1 aliphatic rings. The van der Waals surface area contributed by atoms with Crippen molar-refractivity contribution in [3.05, 3.63) is 59.2 Å². The first-order valence-electron chi connectivity index (χ1n) is 6.58. The van der Waals surface area contributed by atoms with Gasteiger partial charge in [-0.25, -0.2) is 0 Å². The third-order valence-electron chi connectivity index (χ3n) is 3.67. The Kier molecular flexibility index (Phi) is 3.13. The predicted molar refractivity (Wildman–Crippen MR) is 78.0 cm³/mol. The number of nitrogen functional groups attached to an aromatic ring is 1. The highest BCUT2D eigenvalue weighted by Gasteiger charge is 2.18. The number of anilines is 2. The number of hydrogen-bond acceptors (Lipinski definition) is 3. The van der Waals surface area contributed by atoms with E-state index in [9.17, 15) is 0 Å². The molecule has 0 spiro atoms. The first kappa shape index (κ1) is 12.1. The van der Waals surface area contributed by atoms with E-state index in [0.717, 1.165) is 30.8 Å². The standard InChI is InChI=1S/C16H18N2O/c17-15-5-6-16-14(9-15)7-8-18(16)10-12-1-3-13(11-19)4-2-12/h1-6,9,19H,7-8,10-11,17H2. The number of nitrogens with two attached hydrogens (primary N) is 1. The second-order valence-electron chi connectivity index (χ2n) is 5.03. The molecular weight excluding hydrogens is 236 g/mol. The fourth-order valence-corrected chi connectivity index (χ4v) is 2.62. The zero-order chi connectivity index (χ0) is 13.2. The molecule has 3 heteroatoms. The van der Waals surface area contributed by atoms with Crippen LogP contribution in [0.5, 0.6) is 0 Å². The zero-order valence-corrected chi connectivity index (χ0v) is 10.8. The van der Waals surface area contributed by atoms with Gasteiger partial charge in [0.2, 0.25) is 0 Å². The average molecular weight is 254 g/mol. The van der Waals surface area contributed by atoms with Gasteiger partial charge in [-0.15, -0.1) is 0 Å². The number of hydrogen-bond donors (Lipinski definition) is 2. The lowest BCUT2D eigenvalue weighted by atomic mass is 10.1. The molecule has 3 nitrogen and oxygen atoms in total. The first-order valence-corrected chi connectivity index (χ1v) is 6.58. The Balaban J connectivity index is 1.78. The molecule has 2 aromatic carbocycles. The van der Waals surface area contributed by atoms with Crippen LogP contribution in [-0.4, -0.2) is 11.7 Å². The van der Waals surface area contributed by atoms with E-state index in [-0.39, 0.29) is 6.61 Å². The summed E-state index contributed by atoms with van der Waals surface area (Å²) in [7, 11) is 0. The van der Waals surface area contributed by atoms with Crippen molar-refractivity contribution in [3.8, 4) is 0 Å². The Morgan fingerprint density at radius 1 is 1.05 bits per heavy atom. The maximum atomic E-state index is 9.05. The van der Waals surface area contributed by atoms with Gasteiger partial charge in [-0.1, -0.05) is 24.3 Å². The van der Waals surface area contributed by atoms with Crippen LogP contribution < -0.4 is 10.6 Å². The van der Waals surface area contributed by atoms with Gasteiger partial charge >= 0.3 is 0 Å². The fourth-order valence-electron chi connectivity index (χ4n) is 2.62. The lowest BCUT2D eigenvalue weighted by Gasteiger charge is -2.19. The summed E-state index contributed by atoms with van der Waals surface area (Å²) in [6.07, 6.45) is 1.06. The van der Waals surface area contributed by atoms with Crippen LogP contribution in [0.25, 0.3) is 0 Å². The summed E-state index contributed by atoms with van der Waals surface area (Å²) in [4.78, 5) is 2.38. The minimum atomic E-state index is 0.103. The molecule has 0 saturated heterocycles. The third-order valence-corrected chi connectivity index (χ3v) is 3.67. The molecule has 1 heterocycles. The van der Waals surface area contributed by atoms with E-state index in [1.54, 1.807) is 0 Å². The largest absolute Gasteiger partial charge is 0.399 e. The van der Waals surface area contributed by atoms with Crippen molar-refractivity contribution >= 4 is 11.4 Å². The molecule has 19 heavy (non-hydrogen) atoms. The van der Waals surface area contributed by atoms with E-state index in [1.807, 2.05) is 18.2 Å². The van der Waals surface area contributed by atoms with Crippen LogP contribution in [0.3, 0.4) is 0 Å². The topological polar surface area (TPSA) is 49.5 Å². The smallest absolute Gasteiger partial charge is 0.0681 e. The molecule has 0 unspecified atom stereocenters. The van der Waals surface area contributed by atoms with Crippen molar-refractivity contribution in [2.75, 3.05) is 17.2 Å². The first-order chi connectivity index (χ1) is 9.26. The number of fused-ring (bicyclic) bond motifs is 1. The Bertz CT molecular complexity index is 578. The second-order valence-corrected chi connectivity index (χ2v) is 5.03.